The Morgan fingerprint density at radius 1 is 1.40 bits per heavy atom. The summed E-state index contributed by atoms with van der Waals surface area (Å²) in [6.07, 6.45) is -0.0286. The molecular formula is C12H20N2O6. The SMILES string of the molecule is CC1OCCC1(C)NC(=O)NC(CCC(=O)O)C(=O)O. The summed E-state index contributed by atoms with van der Waals surface area (Å²) < 4.78 is 5.36. The van der Waals surface area contributed by atoms with Crippen LogP contribution < -0.4 is 10.6 Å². The Balaban J connectivity index is 2.53. The van der Waals surface area contributed by atoms with E-state index in [2.05, 4.69) is 10.6 Å². The monoisotopic (exact) mass is 288 g/mol. The summed E-state index contributed by atoms with van der Waals surface area (Å²) in [5.74, 6) is -2.37. The number of nitrogens with one attached hydrogen (secondary N) is 2. The van der Waals surface area contributed by atoms with Crippen LogP contribution in [0.15, 0.2) is 0 Å². The first-order valence-electron chi connectivity index (χ1n) is 6.39. The molecule has 0 aromatic carbocycles. The number of aliphatic carboxylic acids is 2. The third-order valence-corrected chi connectivity index (χ3v) is 3.54. The molecule has 1 heterocycles. The van der Waals surface area contributed by atoms with Crippen molar-refractivity contribution in [1.82, 2.24) is 10.6 Å². The van der Waals surface area contributed by atoms with Gasteiger partial charge in [-0.05, 0) is 26.7 Å². The standard InChI is InChI=1S/C12H20N2O6/c1-7-12(2,5-6-20-7)14-11(19)13-8(10(17)18)3-4-9(15)16/h7-8H,3-6H2,1-2H3,(H,15,16)(H,17,18)(H2,13,14,19). The summed E-state index contributed by atoms with van der Waals surface area (Å²) in [5, 5.41) is 22.5. The number of carbonyl (C=O) groups is 3. The van der Waals surface area contributed by atoms with Crippen molar-refractivity contribution >= 4 is 18.0 Å². The molecule has 4 N–H and O–H groups in total. The molecule has 0 aromatic heterocycles. The maximum absolute atomic E-state index is 11.8. The number of carboxylic acid groups (broad SMARTS) is 2. The minimum atomic E-state index is -1.26. The van der Waals surface area contributed by atoms with Crippen LogP contribution in [0, 0.1) is 0 Å². The van der Waals surface area contributed by atoms with Gasteiger partial charge in [-0.25, -0.2) is 9.59 Å². The van der Waals surface area contributed by atoms with Gasteiger partial charge in [0, 0.05) is 13.0 Å². The molecule has 0 saturated carbocycles. The molecule has 3 atom stereocenters. The molecule has 1 aliphatic rings. The molecule has 114 valence electrons. The lowest BCUT2D eigenvalue weighted by Crippen LogP contribution is -2.56. The normalized spacial score (nSPS) is 26.8. The third-order valence-electron chi connectivity index (χ3n) is 3.54. The smallest absolute Gasteiger partial charge is 0.326 e. The number of rotatable bonds is 6. The molecule has 1 rings (SSSR count). The molecule has 8 nitrogen and oxygen atoms in total. The van der Waals surface area contributed by atoms with Gasteiger partial charge in [0.25, 0.3) is 0 Å². The predicted molar refractivity (Wildman–Crippen MR) is 68.4 cm³/mol. The molecule has 3 unspecified atom stereocenters. The third kappa shape index (κ3) is 4.37. The van der Waals surface area contributed by atoms with E-state index in [4.69, 9.17) is 14.9 Å². The van der Waals surface area contributed by atoms with Crippen LogP contribution in [0.1, 0.15) is 33.1 Å². The zero-order valence-corrected chi connectivity index (χ0v) is 11.5. The van der Waals surface area contributed by atoms with E-state index in [1.807, 2.05) is 13.8 Å². The quantitative estimate of drug-likeness (QED) is 0.552. The molecule has 0 aromatic rings. The molecule has 20 heavy (non-hydrogen) atoms. The lowest BCUT2D eigenvalue weighted by molar-refractivity contribution is -0.140. The first-order valence-corrected chi connectivity index (χ1v) is 6.39. The van der Waals surface area contributed by atoms with Crippen molar-refractivity contribution in [2.45, 2.75) is 50.8 Å². The fourth-order valence-electron chi connectivity index (χ4n) is 1.98. The zero-order valence-electron chi connectivity index (χ0n) is 11.5. The van der Waals surface area contributed by atoms with E-state index in [9.17, 15) is 14.4 Å². The van der Waals surface area contributed by atoms with Gasteiger partial charge in [-0.15, -0.1) is 0 Å². The summed E-state index contributed by atoms with van der Waals surface area (Å²) >= 11 is 0. The van der Waals surface area contributed by atoms with Gasteiger partial charge in [-0.1, -0.05) is 0 Å². The van der Waals surface area contributed by atoms with E-state index in [1.165, 1.54) is 0 Å². The molecule has 0 bridgehead atoms. The average Bonchev–Trinajstić information content (AvgIpc) is 2.64. The van der Waals surface area contributed by atoms with Crippen molar-refractivity contribution in [3.05, 3.63) is 0 Å². The second kappa shape index (κ2) is 6.56. The molecule has 0 aliphatic carbocycles. The van der Waals surface area contributed by atoms with Crippen LogP contribution in [0.2, 0.25) is 0 Å². The highest BCUT2D eigenvalue weighted by atomic mass is 16.5. The van der Waals surface area contributed by atoms with Crippen molar-refractivity contribution in [2.24, 2.45) is 0 Å². The number of carbonyl (C=O) groups excluding carboxylic acids is 1. The number of hydrogen-bond acceptors (Lipinski definition) is 4. The molecule has 0 radical (unpaired) electrons. The Bertz CT molecular complexity index is 399. The van der Waals surface area contributed by atoms with Crippen molar-refractivity contribution in [1.29, 1.82) is 0 Å². The van der Waals surface area contributed by atoms with Crippen molar-refractivity contribution in [2.75, 3.05) is 6.61 Å². The predicted octanol–water partition coefficient (Wildman–Crippen LogP) is 0.171. The Morgan fingerprint density at radius 2 is 2.05 bits per heavy atom. The van der Waals surface area contributed by atoms with Gasteiger partial charge in [0.15, 0.2) is 0 Å². The van der Waals surface area contributed by atoms with Gasteiger partial charge >= 0.3 is 18.0 Å². The van der Waals surface area contributed by atoms with Crippen LogP contribution in [0.4, 0.5) is 4.79 Å². The van der Waals surface area contributed by atoms with Gasteiger partial charge < -0.3 is 25.6 Å². The van der Waals surface area contributed by atoms with Gasteiger partial charge in [0.2, 0.25) is 0 Å². The summed E-state index contributed by atoms with van der Waals surface area (Å²) in [6.45, 7) is 4.17. The number of carboxylic acids is 2. The molecule has 0 spiro atoms. The van der Waals surface area contributed by atoms with Crippen LogP contribution in [-0.2, 0) is 14.3 Å². The van der Waals surface area contributed by atoms with Crippen LogP contribution in [0.5, 0.6) is 0 Å². The first-order chi connectivity index (χ1) is 9.24. The highest BCUT2D eigenvalue weighted by Gasteiger charge is 2.38. The van der Waals surface area contributed by atoms with E-state index in [1.54, 1.807) is 0 Å². The largest absolute Gasteiger partial charge is 0.481 e. The highest BCUT2D eigenvalue weighted by molar-refractivity contribution is 5.83. The minimum Gasteiger partial charge on any atom is -0.481 e. The first kappa shape index (κ1) is 16.2. The van der Waals surface area contributed by atoms with Gasteiger partial charge in [0.05, 0.1) is 11.6 Å². The maximum Gasteiger partial charge on any atom is 0.326 e. The Kier molecular flexibility index (Phi) is 5.32. The van der Waals surface area contributed by atoms with Crippen molar-refractivity contribution < 1.29 is 29.3 Å². The second-order valence-corrected chi connectivity index (χ2v) is 5.10. The summed E-state index contributed by atoms with van der Waals surface area (Å²) in [7, 11) is 0. The average molecular weight is 288 g/mol. The lowest BCUT2D eigenvalue weighted by Gasteiger charge is -2.29. The van der Waals surface area contributed by atoms with Crippen LogP contribution in [-0.4, -0.2) is 52.5 Å². The molecule has 2 amide bonds. The maximum atomic E-state index is 11.8. The van der Waals surface area contributed by atoms with Gasteiger partial charge in [0.1, 0.15) is 6.04 Å². The van der Waals surface area contributed by atoms with E-state index < -0.39 is 29.6 Å². The highest BCUT2D eigenvalue weighted by Crippen LogP contribution is 2.24. The van der Waals surface area contributed by atoms with E-state index in [0.29, 0.717) is 13.0 Å². The summed E-state index contributed by atoms with van der Waals surface area (Å²) in [5.41, 5.74) is -0.556. The number of hydrogen-bond donors (Lipinski definition) is 4. The minimum absolute atomic E-state index is 0.166. The van der Waals surface area contributed by atoms with Crippen LogP contribution in [0.3, 0.4) is 0 Å². The van der Waals surface area contributed by atoms with Crippen LogP contribution >= 0.6 is 0 Å². The molecule has 1 saturated heterocycles. The molecular weight excluding hydrogens is 268 g/mol. The molecule has 8 heteroatoms. The van der Waals surface area contributed by atoms with Crippen molar-refractivity contribution in [3.8, 4) is 0 Å². The molecule has 1 aliphatic heterocycles. The summed E-state index contributed by atoms with van der Waals surface area (Å²) in [4.78, 5) is 33.2. The fraction of sp³-hybridized carbons (Fsp3) is 0.750. The van der Waals surface area contributed by atoms with E-state index >= 15 is 0 Å². The zero-order chi connectivity index (χ0) is 15.3. The Hall–Kier alpha value is -1.83. The van der Waals surface area contributed by atoms with Gasteiger partial charge in [-0.3, -0.25) is 4.79 Å². The van der Waals surface area contributed by atoms with E-state index in [-0.39, 0.29) is 18.9 Å². The number of amides is 2. The number of urea groups is 1. The lowest BCUT2D eigenvalue weighted by atomic mass is 9.95. The Labute approximate surface area is 116 Å². The number of ether oxygens (including phenoxy) is 1. The van der Waals surface area contributed by atoms with Crippen LogP contribution in [0.25, 0.3) is 0 Å². The van der Waals surface area contributed by atoms with Crippen molar-refractivity contribution in [3.63, 3.8) is 0 Å². The van der Waals surface area contributed by atoms with Gasteiger partial charge in [-0.2, -0.15) is 0 Å². The summed E-state index contributed by atoms with van der Waals surface area (Å²) in [6, 6.07) is -1.87. The second-order valence-electron chi connectivity index (χ2n) is 5.10. The Morgan fingerprint density at radius 3 is 2.50 bits per heavy atom. The van der Waals surface area contributed by atoms with E-state index in [0.717, 1.165) is 0 Å². The fourth-order valence-corrected chi connectivity index (χ4v) is 1.98. The molecule has 1 fully saturated rings. The topological polar surface area (TPSA) is 125 Å².